The summed E-state index contributed by atoms with van der Waals surface area (Å²) in [5, 5.41) is 12.9. The summed E-state index contributed by atoms with van der Waals surface area (Å²) in [5.74, 6) is 1.50. The highest BCUT2D eigenvalue weighted by molar-refractivity contribution is 5.82. The molecule has 23 heavy (non-hydrogen) atoms. The number of likely N-dealkylation sites (tertiary alicyclic amines) is 1. The lowest BCUT2D eigenvalue weighted by Gasteiger charge is -2.40. The van der Waals surface area contributed by atoms with Gasteiger partial charge in [-0.25, -0.2) is 0 Å². The number of carbonyl (C=O) groups is 1. The molecule has 2 aliphatic heterocycles. The number of benzene rings is 1. The van der Waals surface area contributed by atoms with Crippen LogP contribution in [0, 0.1) is 0 Å². The Bertz CT molecular complexity index is 721. The Morgan fingerprint density at radius 1 is 1.35 bits per heavy atom. The van der Waals surface area contributed by atoms with Crippen LogP contribution < -0.4 is 4.74 Å². The van der Waals surface area contributed by atoms with Gasteiger partial charge in [0.25, 0.3) is 5.91 Å². The molecule has 0 radical (unpaired) electrons. The van der Waals surface area contributed by atoms with E-state index in [9.17, 15) is 4.79 Å². The van der Waals surface area contributed by atoms with E-state index in [0.29, 0.717) is 18.8 Å². The minimum Gasteiger partial charge on any atom is -0.480 e. The van der Waals surface area contributed by atoms with Crippen LogP contribution in [0.3, 0.4) is 0 Å². The summed E-state index contributed by atoms with van der Waals surface area (Å²) in [6.07, 6.45) is 1.19. The number of hydrogen-bond donors (Lipinski definition) is 1. The van der Waals surface area contributed by atoms with Crippen molar-refractivity contribution in [3.05, 3.63) is 47.3 Å². The van der Waals surface area contributed by atoms with Gasteiger partial charge in [0.05, 0.1) is 5.69 Å². The number of ether oxygens (including phenoxy) is 1. The molecule has 2 aromatic rings. The third-order valence-electron chi connectivity index (χ3n) is 4.54. The highest BCUT2D eigenvalue weighted by Crippen LogP contribution is 2.31. The molecule has 1 fully saturated rings. The van der Waals surface area contributed by atoms with Crippen molar-refractivity contribution >= 4 is 5.91 Å². The average Bonchev–Trinajstić information content (AvgIpc) is 3.01. The number of amides is 1. The molecule has 1 saturated heterocycles. The minimum atomic E-state index is -0.392. The Balaban J connectivity index is 1.36. The van der Waals surface area contributed by atoms with E-state index in [1.807, 2.05) is 24.3 Å². The molecular formula is C17H18N2O4. The van der Waals surface area contributed by atoms with Gasteiger partial charge in [0, 0.05) is 25.1 Å². The first kappa shape index (κ1) is 14.3. The summed E-state index contributed by atoms with van der Waals surface area (Å²) in [5.41, 5.74) is 1.96. The molecule has 1 aromatic heterocycles. The molecule has 6 nitrogen and oxygen atoms in total. The van der Waals surface area contributed by atoms with E-state index in [-0.39, 0.29) is 18.4 Å². The second-order valence-corrected chi connectivity index (χ2v) is 6.07. The molecule has 2 aliphatic rings. The number of nitrogens with zero attached hydrogens (tertiary/aromatic N) is 2. The van der Waals surface area contributed by atoms with Crippen LogP contribution in [0.4, 0.5) is 0 Å². The Morgan fingerprint density at radius 3 is 2.96 bits per heavy atom. The number of para-hydroxylation sites is 1. The first-order valence-electron chi connectivity index (χ1n) is 7.84. The van der Waals surface area contributed by atoms with Crippen LogP contribution in [0.5, 0.6) is 5.75 Å². The maximum Gasteiger partial charge on any atom is 0.263 e. The van der Waals surface area contributed by atoms with Gasteiger partial charge >= 0.3 is 0 Å². The van der Waals surface area contributed by atoms with Crippen LogP contribution in [0.25, 0.3) is 0 Å². The van der Waals surface area contributed by atoms with Crippen LogP contribution >= 0.6 is 0 Å². The fourth-order valence-electron chi connectivity index (χ4n) is 3.14. The normalized spacial score (nSPS) is 20.6. The lowest BCUT2D eigenvalue weighted by atomic mass is 9.94. The standard InChI is InChI=1S/C17H18N2O4/c20-10-13-7-14(18-23-13)12-8-19(9-12)17(21)16-6-5-11-3-1-2-4-15(11)22-16/h1-4,7,12,16,20H,5-6,8-10H2. The molecular weight excluding hydrogens is 296 g/mol. The first-order chi connectivity index (χ1) is 11.2. The molecule has 1 unspecified atom stereocenters. The zero-order valence-corrected chi connectivity index (χ0v) is 12.6. The number of aryl methyl sites for hydroxylation is 1. The molecule has 1 amide bonds. The summed E-state index contributed by atoms with van der Waals surface area (Å²) < 4.78 is 10.8. The number of aliphatic hydroxyl groups excluding tert-OH is 1. The number of rotatable bonds is 3. The Labute approximate surface area is 133 Å². The van der Waals surface area contributed by atoms with Gasteiger partial charge < -0.3 is 19.3 Å². The van der Waals surface area contributed by atoms with Crippen molar-refractivity contribution in [1.82, 2.24) is 10.1 Å². The zero-order chi connectivity index (χ0) is 15.8. The van der Waals surface area contributed by atoms with E-state index in [1.54, 1.807) is 11.0 Å². The van der Waals surface area contributed by atoms with Crippen molar-refractivity contribution < 1.29 is 19.2 Å². The predicted octanol–water partition coefficient (Wildman–Crippen LogP) is 1.49. The molecule has 1 N–H and O–H groups in total. The van der Waals surface area contributed by atoms with Gasteiger partial charge in [0.2, 0.25) is 0 Å². The van der Waals surface area contributed by atoms with E-state index in [4.69, 9.17) is 14.4 Å². The molecule has 3 heterocycles. The maximum atomic E-state index is 12.5. The zero-order valence-electron chi connectivity index (χ0n) is 12.6. The van der Waals surface area contributed by atoms with Gasteiger partial charge in [-0.05, 0) is 24.5 Å². The maximum absolute atomic E-state index is 12.5. The molecule has 4 rings (SSSR count). The molecule has 0 bridgehead atoms. The highest BCUT2D eigenvalue weighted by atomic mass is 16.5. The van der Waals surface area contributed by atoms with Crippen molar-refractivity contribution in [2.45, 2.75) is 31.5 Å². The minimum absolute atomic E-state index is 0.0432. The lowest BCUT2D eigenvalue weighted by molar-refractivity contribution is -0.144. The smallest absolute Gasteiger partial charge is 0.263 e. The van der Waals surface area contributed by atoms with Crippen LogP contribution in [0.1, 0.15) is 29.4 Å². The van der Waals surface area contributed by atoms with Gasteiger partial charge in [-0.1, -0.05) is 23.4 Å². The number of fused-ring (bicyclic) bond motifs is 1. The van der Waals surface area contributed by atoms with Crippen molar-refractivity contribution in [1.29, 1.82) is 0 Å². The van der Waals surface area contributed by atoms with Gasteiger partial charge in [-0.2, -0.15) is 0 Å². The van der Waals surface area contributed by atoms with E-state index in [2.05, 4.69) is 5.16 Å². The molecule has 1 aromatic carbocycles. The summed E-state index contributed by atoms with van der Waals surface area (Å²) >= 11 is 0. The van der Waals surface area contributed by atoms with Crippen LogP contribution in [-0.2, 0) is 17.8 Å². The van der Waals surface area contributed by atoms with Crippen LogP contribution in [0.15, 0.2) is 34.9 Å². The van der Waals surface area contributed by atoms with E-state index < -0.39 is 6.10 Å². The van der Waals surface area contributed by atoms with Gasteiger partial charge in [0.15, 0.2) is 11.9 Å². The lowest BCUT2D eigenvalue weighted by Crippen LogP contribution is -2.53. The molecule has 0 spiro atoms. The SMILES string of the molecule is O=C(C1CCc2ccccc2O1)N1CC(c2cc(CO)on2)C1. The quantitative estimate of drug-likeness (QED) is 0.929. The topological polar surface area (TPSA) is 75.8 Å². The summed E-state index contributed by atoms with van der Waals surface area (Å²) in [6, 6.07) is 9.62. The Kier molecular flexibility index (Phi) is 3.53. The van der Waals surface area contributed by atoms with Crippen LogP contribution in [0.2, 0.25) is 0 Å². The van der Waals surface area contributed by atoms with Crippen molar-refractivity contribution in [2.75, 3.05) is 13.1 Å². The van der Waals surface area contributed by atoms with Gasteiger partial charge in [-0.3, -0.25) is 4.79 Å². The van der Waals surface area contributed by atoms with Gasteiger partial charge in [-0.15, -0.1) is 0 Å². The second kappa shape index (κ2) is 5.70. The molecule has 0 aliphatic carbocycles. The number of aromatic nitrogens is 1. The molecule has 120 valence electrons. The monoisotopic (exact) mass is 314 g/mol. The predicted molar refractivity (Wildman–Crippen MR) is 80.9 cm³/mol. The van der Waals surface area contributed by atoms with Crippen molar-refractivity contribution in [3.63, 3.8) is 0 Å². The fraction of sp³-hybridized carbons (Fsp3) is 0.412. The third kappa shape index (κ3) is 2.59. The molecule has 1 atom stereocenters. The molecule has 6 heteroatoms. The molecule has 0 saturated carbocycles. The first-order valence-corrected chi connectivity index (χ1v) is 7.84. The van der Waals surface area contributed by atoms with Gasteiger partial charge in [0.1, 0.15) is 12.4 Å². The number of aliphatic hydroxyl groups is 1. The van der Waals surface area contributed by atoms with Crippen molar-refractivity contribution in [2.24, 2.45) is 0 Å². The van der Waals surface area contributed by atoms with E-state index in [1.165, 1.54) is 0 Å². The van der Waals surface area contributed by atoms with E-state index in [0.717, 1.165) is 29.8 Å². The van der Waals surface area contributed by atoms with Crippen molar-refractivity contribution in [3.8, 4) is 5.75 Å². The summed E-state index contributed by atoms with van der Waals surface area (Å²) in [4.78, 5) is 14.3. The fourth-order valence-corrected chi connectivity index (χ4v) is 3.14. The van der Waals surface area contributed by atoms with E-state index >= 15 is 0 Å². The summed E-state index contributed by atoms with van der Waals surface area (Å²) in [6.45, 7) is 1.09. The average molecular weight is 314 g/mol. The number of carbonyl (C=O) groups excluding carboxylic acids is 1. The highest BCUT2D eigenvalue weighted by Gasteiger charge is 2.38. The Morgan fingerprint density at radius 2 is 2.17 bits per heavy atom. The number of hydrogen-bond acceptors (Lipinski definition) is 5. The summed E-state index contributed by atoms with van der Waals surface area (Å²) in [7, 11) is 0. The third-order valence-corrected chi connectivity index (χ3v) is 4.54. The van der Waals surface area contributed by atoms with Crippen LogP contribution in [-0.4, -0.2) is 40.3 Å². The second-order valence-electron chi connectivity index (χ2n) is 6.07. The Hall–Kier alpha value is -2.34. The largest absolute Gasteiger partial charge is 0.480 e.